The molecule has 2 rings (SSSR count). The van der Waals surface area contributed by atoms with E-state index in [4.69, 9.17) is 0 Å². The molecule has 1 aromatic carbocycles. The monoisotopic (exact) mass is 274 g/mol. The molecule has 0 bridgehead atoms. The summed E-state index contributed by atoms with van der Waals surface area (Å²) in [6, 6.07) is 7.35. The van der Waals surface area contributed by atoms with Crippen LogP contribution < -0.4 is 5.32 Å². The molecule has 0 aliphatic rings. The first-order valence-corrected chi connectivity index (χ1v) is 6.46. The van der Waals surface area contributed by atoms with Gasteiger partial charge in [-0.25, -0.2) is 4.68 Å². The number of anilines is 1. The number of amides is 1. The molecule has 106 valence electrons. The number of aliphatic hydroxyl groups is 1. The molecule has 0 spiro atoms. The number of aliphatic hydroxyl groups excluding tert-OH is 1. The average Bonchev–Trinajstić information content (AvgIpc) is 2.82. The van der Waals surface area contributed by atoms with Crippen molar-refractivity contribution in [3.8, 4) is 5.69 Å². The fraction of sp³-hybridized carbons (Fsp3) is 0.357. The van der Waals surface area contributed by atoms with Gasteiger partial charge in [-0.1, -0.05) is 25.1 Å². The van der Waals surface area contributed by atoms with Gasteiger partial charge in [0.25, 0.3) is 0 Å². The van der Waals surface area contributed by atoms with Crippen molar-refractivity contribution in [1.29, 1.82) is 0 Å². The third kappa shape index (κ3) is 2.85. The molecule has 1 heterocycles. The van der Waals surface area contributed by atoms with E-state index < -0.39 is 0 Å². The second-order valence-electron chi connectivity index (χ2n) is 4.88. The Balaban J connectivity index is 2.46. The number of rotatable bonds is 4. The van der Waals surface area contributed by atoms with Crippen molar-refractivity contribution in [3.05, 3.63) is 35.7 Å². The Bertz CT molecular complexity index is 619. The number of nitrogens with zero attached hydrogens (tertiary/aromatic N) is 3. The van der Waals surface area contributed by atoms with Crippen LogP contribution in [0.15, 0.2) is 24.3 Å². The zero-order chi connectivity index (χ0) is 14.7. The van der Waals surface area contributed by atoms with E-state index >= 15 is 0 Å². The largest absolute Gasteiger partial charge is 0.390 e. The third-order valence-corrected chi connectivity index (χ3v) is 2.89. The van der Waals surface area contributed by atoms with E-state index in [0.717, 1.165) is 11.4 Å². The molecule has 1 aromatic heterocycles. The summed E-state index contributed by atoms with van der Waals surface area (Å²) in [4.78, 5) is 11.1. The normalized spacial score (nSPS) is 10.8. The van der Waals surface area contributed by atoms with E-state index in [9.17, 15) is 9.90 Å². The zero-order valence-corrected chi connectivity index (χ0v) is 11.8. The molecule has 0 fully saturated rings. The quantitative estimate of drug-likeness (QED) is 0.891. The van der Waals surface area contributed by atoms with Crippen molar-refractivity contribution in [3.63, 3.8) is 0 Å². The summed E-state index contributed by atoms with van der Waals surface area (Å²) >= 11 is 0. The Labute approximate surface area is 117 Å². The predicted molar refractivity (Wildman–Crippen MR) is 75.7 cm³/mol. The second kappa shape index (κ2) is 5.83. The first-order valence-electron chi connectivity index (χ1n) is 6.46. The molecule has 0 saturated heterocycles. The summed E-state index contributed by atoms with van der Waals surface area (Å²) < 4.78 is 1.70. The number of benzene rings is 1. The molecular weight excluding hydrogens is 256 g/mol. The van der Waals surface area contributed by atoms with Gasteiger partial charge in [-0.3, -0.25) is 4.79 Å². The van der Waals surface area contributed by atoms with Crippen molar-refractivity contribution >= 4 is 11.6 Å². The lowest BCUT2D eigenvalue weighted by atomic mass is 10.1. The Morgan fingerprint density at radius 1 is 1.45 bits per heavy atom. The lowest BCUT2D eigenvalue weighted by Gasteiger charge is -2.11. The van der Waals surface area contributed by atoms with Gasteiger partial charge in [0, 0.05) is 12.6 Å². The van der Waals surface area contributed by atoms with Crippen molar-refractivity contribution in [2.75, 3.05) is 5.32 Å². The van der Waals surface area contributed by atoms with Crippen LogP contribution in [0.1, 0.15) is 38.1 Å². The number of hydrogen-bond acceptors (Lipinski definition) is 4. The predicted octanol–water partition coefficient (Wildman–Crippen LogP) is 1.84. The molecule has 0 aliphatic carbocycles. The average molecular weight is 274 g/mol. The van der Waals surface area contributed by atoms with Crippen LogP contribution in [0.2, 0.25) is 0 Å². The van der Waals surface area contributed by atoms with Crippen LogP contribution in [0.3, 0.4) is 0 Å². The summed E-state index contributed by atoms with van der Waals surface area (Å²) in [7, 11) is 0. The molecule has 2 aromatic rings. The molecule has 6 heteroatoms. The molecule has 0 radical (unpaired) electrons. The van der Waals surface area contributed by atoms with Gasteiger partial charge in [0.15, 0.2) is 0 Å². The summed E-state index contributed by atoms with van der Waals surface area (Å²) in [5.41, 5.74) is 2.94. The minimum Gasteiger partial charge on any atom is -0.390 e. The van der Waals surface area contributed by atoms with Gasteiger partial charge in [0.05, 0.1) is 18.0 Å². The maximum atomic E-state index is 11.1. The van der Waals surface area contributed by atoms with Crippen molar-refractivity contribution in [2.24, 2.45) is 0 Å². The summed E-state index contributed by atoms with van der Waals surface area (Å²) in [5.74, 6) is 0.0532. The topological polar surface area (TPSA) is 80.0 Å². The number of aromatic nitrogens is 3. The summed E-state index contributed by atoms with van der Waals surface area (Å²) in [6.07, 6.45) is 0. The molecule has 0 aliphatic heterocycles. The second-order valence-corrected chi connectivity index (χ2v) is 4.88. The van der Waals surface area contributed by atoms with Crippen molar-refractivity contribution in [1.82, 2.24) is 15.0 Å². The van der Waals surface area contributed by atoms with Gasteiger partial charge < -0.3 is 10.4 Å². The van der Waals surface area contributed by atoms with Crippen LogP contribution in [0.4, 0.5) is 5.69 Å². The van der Waals surface area contributed by atoms with Crippen molar-refractivity contribution < 1.29 is 9.90 Å². The highest BCUT2D eigenvalue weighted by atomic mass is 16.3. The lowest BCUT2D eigenvalue weighted by molar-refractivity contribution is -0.114. The Morgan fingerprint density at radius 3 is 2.80 bits per heavy atom. The Kier molecular flexibility index (Phi) is 4.14. The van der Waals surface area contributed by atoms with Gasteiger partial charge >= 0.3 is 0 Å². The van der Waals surface area contributed by atoms with Crippen LogP contribution in [0.5, 0.6) is 0 Å². The smallest absolute Gasteiger partial charge is 0.221 e. The van der Waals surface area contributed by atoms with E-state index in [-0.39, 0.29) is 18.4 Å². The van der Waals surface area contributed by atoms with Crippen LogP contribution in [-0.2, 0) is 11.4 Å². The SMILES string of the molecule is CC(=O)Nc1cccc(-n2nnc(CO)c2C(C)C)c1. The van der Waals surface area contributed by atoms with Crippen molar-refractivity contribution in [2.45, 2.75) is 33.3 Å². The number of carbonyl (C=O) groups excluding carboxylic acids is 1. The highest BCUT2D eigenvalue weighted by molar-refractivity contribution is 5.88. The fourth-order valence-electron chi connectivity index (χ4n) is 2.12. The van der Waals surface area contributed by atoms with Crippen LogP contribution in [0, 0.1) is 0 Å². The maximum Gasteiger partial charge on any atom is 0.221 e. The molecule has 0 atom stereocenters. The van der Waals surface area contributed by atoms with Gasteiger partial charge in [0.2, 0.25) is 5.91 Å². The third-order valence-electron chi connectivity index (χ3n) is 2.89. The molecule has 6 nitrogen and oxygen atoms in total. The van der Waals surface area contributed by atoms with E-state index in [1.54, 1.807) is 4.68 Å². The number of nitrogens with one attached hydrogen (secondary N) is 1. The maximum absolute atomic E-state index is 11.1. The molecule has 2 N–H and O–H groups in total. The number of carbonyl (C=O) groups is 1. The highest BCUT2D eigenvalue weighted by Crippen LogP contribution is 2.23. The molecule has 0 saturated carbocycles. The van der Waals surface area contributed by atoms with Gasteiger partial charge in [-0.05, 0) is 24.1 Å². The lowest BCUT2D eigenvalue weighted by Crippen LogP contribution is -2.08. The first kappa shape index (κ1) is 14.2. The fourth-order valence-corrected chi connectivity index (χ4v) is 2.12. The molecule has 0 unspecified atom stereocenters. The van der Waals surface area contributed by atoms with Crippen LogP contribution in [-0.4, -0.2) is 26.0 Å². The minimum atomic E-state index is -0.140. The van der Waals surface area contributed by atoms with Gasteiger partial charge in [0.1, 0.15) is 5.69 Å². The highest BCUT2D eigenvalue weighted by Gasteiger charge is 2.16. The zero-order valence-electron chi connectivity index (χ0n) is 11.8. The standard InChI is InChI=1S/C14H18N4O2/c1-9(2)14-13(8-19)16-17-18(14)12-6-4-5-11(7-12)15-10(3)20/h4-7,9,19H,8H2,1-3H3,(H,15,20). The van der Waals surface area contributed by atoms with Crippen LogP contribution in [0.25, 0.3) is 5.69 Å². The van der Waals surface area contributed by atoms with E-state index in [2.05, 4.69) is 15.6 Å². The number of hydrogen-bond donors (Lipinski definition) is 2. The van der Waals surface area contributed by atoms with Crippen LogP contribution >= 0.6 is 0 Å². The molecule has 20 heavy (non-hydrogen) atoms. The molecule has 1 amide bonds. The minimum absolute atomic E-state index is 0.124. The van der Waals surface area contributed by atoms with E-state index in [1.807, 2.05) is 38.1 Å². The van der Waals surface area contributed by atoms with Gasteiger partial charge in [-0.15, -0.1) is 5.10 Å². The van der Waals surface area contributed by atoms with E-state index in [1.165, 1.54) is 6.92 Å². The first-order chi connectivity index (χ1) is 9.52. The van der Waals surface area contributed by atoms with Gasteiger partial charge in [-0.2, -0.15) is 0 Å². The van der Waals surface area contributed by atoms with E-state index in [0.29, 0.717) is 11.4 Å². The summed E-state index contributed by atoms with van der Waals surface area (Å²) in [5, 5.41) is 20.2. The summed E-state index contributed by atoms with van der Waals surface area (Å²) in [6.45, 7) is 5.36. The Hall–Kier alpha value is -2.21. The Morgan fingerprint density at radius 2 is 2.20 bits per heavy atom. The molecular formula is C14H18N4O2.